The third-order valence-corrected chi connectivity index (χ3v) is 4.53. The number of amides is 1. The summed E-state index contributed by atoms with van der Waals surface area (Å²) >= 11 is 0. The first kappa shape index (κ1) is 14.5. The maximum Gasteiger partial charge on any atom is 0.257 e. The molecule has 120 valence electrons. The predicted molar refractivity (Wildman–Crippen MR) is 86.9 cm³/mol. The molecule has 0 unspecified atom stereocenters. The number of benzene rings is 1. The average Bonchev–Trinajstić information content (AvgIpc) is 3.33. The van der Waals surface area contributed by atoms with Crippen LogP contribution in [-0.4, -0.2) is 46.4 Å². The van der Waals surface area contributed by atoms with Gasteiger partial charge in [0.2, 0.25) is 0 Å². The predicted octanol–water partition coefficient (Wildman–Crippen LogP) is 2.61. The highest BCUT2D eigenvalue weighted by molar-refractivity contribution is 5.95. The fourth-order valence-corrected chi connectivity index (χ4v) is 3.22. The number of rotatable bonds is 3. The van der Waals surface area contributed by atoms with Crippen LogP contribution in [0.5, 0.6) is 0 Å². The van der Waals surface area contributed by atoms with Crippen LogP contribution in [0, 0.1) is 0 Å². The second-order valence-corrected chi connectivity index (χ2v) is 6.40. The molecule has 1 amide bonds. The monoisotopic (exact) mass is 311 g/mol. The molecule has 2 heterocycles. The fourth-order valence-electron chi connectivity index (χ4n) is 3.22. The van der Waals surface area contributed by atoms with Gasteiger partial charge in [-0.15, -0.1) is 0 Å². The van der Waals surface area contributed by atoms with Crippen molar-refractivity contribution in [1.82, 2.24) is 14.7 Å². The minimum Gasteiger partial charge on any atom is -0.375 e. The van der Waals surface area contributed by atoms with Gasteiger partial charge in [-0.1, -0.05) is 18.2 Å². The molecule has 1 saturated heterocycles. The number of carbonyl (C=O) groups excluding carboxylic acids is 1. The lowest BCUT2D eigenvalue weighted by Gasteiger charge is -2.31. The number of aromatic nitrogens is 2. The molecule has 1 aromatic carbocycles. The second-order valence-electron chi connectivity index (χ2n) is 6.40. The molecule has 5 nitrogen and oxygen atoms in total. The quantitative estimate of drug-likeness (QED) is 0.875. The topological polar surface area (TPSA) is 47.4 Å². The molecule has 4 rings (SSSR count). The molecule has 0 N–H and O–H groups in total. The van der Waals surface area contributed by atoms with Gasteiger partial charge in [-0.3, -0.25) is 4.79 Å². The summed E-state index contributed by atoms with van der Waals surface area (Å²) in [4.78, 5) is 14.9. The number of hydrogen-bond acceptors (Lipinski definition) is 3. The smallest absolute Gasteiger partial charge is 0.257 e. The molecule has 1 aliphatic carbocycles. The van der Waals surface area contributed by atoms with Crippen molar-refractivity contribution in [3.63, 3.8) is 0 Å². The van der Waals surface area contributed by atoms with Crippen LogP contribution in [0.2, 0.25) is 0 Å². The summed E-state index contributed by atoms with van der Waals surface area (Å²) in [5, 5.41) is 4.52. The van der Waals surface area contributed by atoms with E-state index in [1.807, 2.05) is 46.8 Å². The summed E-state index contributed by atoms with van der Waals surface area (Å²) in [6, 6.07) is 10.1. The first-order chi connectivity index (χ1) is 11.2. The second kappa shape index (κ2) is 5.81. The Kier molecular flexibility index (Phi) is 3.65. The fraction of sp³-hybridized carbons (Fsp3) is 0.444. The van der Waals surface area contributed by atoms with E-state index in [9.17, 15) is 4.79 Å². The van der Waals surface area contributed by atoms with E-state index in [4.69, 9.17) is 4.74 Å². The van der Waals surface area contributed by atoms with E-state index in [2.05, 4.69) is 5.10 Å². The molecule has 1 aliphatic heterocycles. The van der Waals surface area contributed by atoms with E-state index in [0.29, 0.717) is 25.6 Å². The van der Waals surface area contributed by atoms with Gasteiger partial charge in [0.1, 0.15) is 0 Å². The number of carbonyl (C=O) groups is 1. The van der Waals surface area contributed by atoms with Crippen LogP contribution in [0.1, 0.15) is 41.7 Å². The molecule has 1 atom stereocenters. The Morgan fingerprint density at radius 2 is 2.04 bits per heavy atom. The van der Waals surface area contributed by atoms with Crippen molar-refractivity contribution in [3.8, 4) is 5.69 Å². The van der Waals surface area contributed by atoms with E-state index < -0.39 is 0 Å². The van der Waals surface area contributed by atoms with Crippen LogP contribution in [0.4, 0.5) is 0 Å². The van der Waals surface area contributed by atoms with E-state index in [-0.39, 0.29) is 12.0 Å². The number of morpholine rings is 1. The number of ether oxygens (including phenoxy) is 1. The maximum atomic E-state index is 13.0. The van der Waals surface area contributed by atoms with Crippen molar-refractivity contribution >= 4 is 5.91 Å². The molecule has 2 aromatic rings. The van der Waals surface area contributed by atoms with E-state index in [1.54, 1.807) is 6.20 Å². The molecule has 1 saturated carbocycles. The molecular formula is C18H21N3O2. The highest BCUT2D eigenvalue weighted by atomic mass is 16.5. The molecular weight excluding hydrogens is 290 g/mol. The van der Waals surface area contributed by atoms with Crippen LogP contribution >= 0.6 is 0 Å². The first-order valence-electron chi connectivity index (χ1n) is 8.28. The number of para-hydroxylation sites is 1. The lowest BCUT2D eigenvalue weighted by Crippen LogP contribution is -2.44. The van der Waals surface area contributed by atoms with E-state index in [0.717, 1.165) is 29.8 Å². The van der Waals surface area contributed by atoms with Gasteiger partial charge in [0.25, 0.3) is 5.91 Å². The van der Waals surface area contributed by atoms with Crippen molar-refractivity contribution in [2.24, 2.45) is 0 Å². The zero-order valence-electron chi connectivity index (χ0n) is 13.3. The Morgan fingerprint density at radius 1 is 1.26 bits per heavy atom. The van der Waals surface area contributed by atoms with Crippen molar-refractivity contribution in [2.75, 3.05) is 19.7 Å². The van der Waals surface area contributed by atoms with Gasteiger partial charge < -0.3 is 9.64 Å². The van der Waals surface area contributed by atoms with Crippen LogP contribution < -0.4 is 0 Å². The van der Waals surface area contributed by atoms with Gasteiger partial charge in [-0.2, -0.15) is 5.10 Å². The SMILES string of the molecule is C[C@@H]1CN(C(=O)c2cnn(-c3ccccc3)c2C2CC2)CCO1. The van der Waals surface area contributed by atoms with Crippen LogP contribution in [0.15, 0.2) is 36.5 Å². The lowest BCUT2D eigenvalue weighted by molar-refractivity contribution is -0.0124. The van der Waals surface area contributed by atoms with Gasteiger partial charge in [0, 0.05) is 19.0 Å². The van der Waals surface area contributed by atoms with Crippen LogP contribution in [-0.2, 0) is 4.74 Å². The summed E-state index contributed by atoms with van der Waals surface area (Å²) in [6.07, 6.45) is 4.11. The Morgan fingerprint density at radius 3 is 2.74 bits per heavy atom. The zero-order chi connectivity index (χ0) is 15.8. The largest absolute Gasteiger partial charge is 0.375 e. The number of hydrogen-bond donors (Lipinski definition) is 0. The number of nitrogens with zero attached hydrogens (tertiary/aromatic N) is 3. The van der Waals surface area contributed by atoms with Gasteiger partial charge in [-0.25, -0.2) is 4.68 Å². The van der Waals surface area contributed by atoms with Crippen molar-refractivity contribution < 1.29 is 9.53 Å². The van der Waals surface area contributed by atoms with Gasteiger partial charge in [-0.05, 0) is 31.9 Å². The van der Waals surface area contributed by atoms with Crippen molar-refractivity contribution in [3.05, 3.63) is 47.8 Å². The Hall–Kier alpha value is -2.14. The molecule has 1 aromatic heterocycles. The summed E-state index contributed by atoms with van der Waals surface area (Å²) < 4.78 is 7.48. The lowest BCUT2D eigenvalue weighted by atomic mass is 10.1. The minimum atomic E-state index is 0.0873. The normalized spacial score (nSPS) is 21.4. The van der Waals surface area contributed by atoms with E-state index >= 15 is 0 Å². The summed E-state index contributed by atoms with van der Waals surface area (Å²) in [5.41, 5.74) is 2.84. The highest BCUT2D eigenvalue weighted by Gasteiger charge is 2.35. The zero-order valence-corrected chi connectivity index (χ0v) is 13.3. The van der Waals surface area contributed by atoms with Crippen LogP contribution in [0.3, 0.4) is 0 Å². The molecule has 0 spiro atoms. The van der Waals surface area contributed by atoms with Crippen LogP contribution in [0.25, 0.3) is 5.69 Å². The average molecular weight is 311 g/mol. The molecule has 0 radical (unpaired) electrons. The van der Waals surface area contributed by atoms with E-state index in [1.165, 1.54) is 0 Å². The molecule has 2 aliphatic rings. The van der Waals surface area contributed by atoms with Gasteiger partial charge in [0.15, 0.2) is 0 Å². The van der Waals surface area contributed by atoms with Gasteiger partial charge >= 0.3 is 0 Å². The minimum absolute atomic E-state index is 0.0873. The maximum absolute atomic E-state index is 13.0. The molecule has 2 fully saturated rings. The Bertz CT molecular complexity index is 706. The standard InChI is InChI=1S/C18H21N3O2/c1-13-12-20(9-10-23-13)18(22)16-11-19-21(17(16)14-7-8-14)15-5-3-2-4-6-15/h2-6,11,13-14H,7-10,12H2,1H3/t13-/m1/s1. The first-order valence-corrected chi connectivity index (χ1v) is 8.28. The summed E-state index contributed by atoms with van der Waals surface area (Å²) in [7, 11) is 0. The third-order valence-electron chi connectivity index (χ3n) is 4.53. The van der Waals surface area contributed by atoms with Crippen molar-refractivity contribution in [1.29, 1.82) is 0 Å². The highest BCUT2D eigenvalue weighted by Crippen LogP contribution is 2.42. The Labute approximate surface area is 135 Å². The summed E-state index contributed by atoms with van der Waals surface area (Å²) in [6.45, 7) is 3.93. The molecule has 0 bridgehead atoms. The molecule has 23 heavy (non-hydrogen) atoms. The summed E-state index contributed by atoms with van der Waals surface area (Å²) in [5.74, 6) is 0.541. The van der Waals surface area contributed by atoms with Gasteiger partial charge in [0.05, 0.1) is 35.9 Å². The third kappa shape index (κ3) is 2.77. The Balaban J connectivity index is 1.69. The van der Waals surface area contributed by atoms with Crippen molar-refractivity contribution in [2.45, 2.75) is 31.8 Å². The molecule has 5 heteroatoms.